The smallest absolute Gasteiger partial charge is 0.258 e. The fourth-order valence-electron chi connectivity index (χ4n) is 1.25. The van der Waals surface area contributed by atoms with E-state index in [1.807, 2.05) is 0 Å². The lowest BCUT2D eigenvalue weighted by Gasteiger charge is -2.09. The molecule has 18 heavy (non-hydrogen) atoms. The van der Waals surface area contributed by atoms with Crippen molar-refractivity contribution in [2.24, 2.45) is 0 Å². The summed E-state index contributed by atoms with van der Waals surface area (Å²) in [5, 5.41) is 19.5. The maximum absolute atomic E-state index is 11.5. The Bertz CT molecular complexity index is 508. The molecule has 2 aromatic rings. The van der Waals surface area contributed by atoms with Crippen molar-refractivity contribution in [3.63, 3.8) is 0 Å². The minimum atomic E-state index is -0.348. The number of H-pyrrole nitrogens is 1. The molecule has 1 unspecified atom stereocenters. The lowest BCUT2D eigenvalue weighted by molar-refractivity contribution is -0.123. The van der Waals surface area contributed by atoms with Gasteiger partial charge in [0.2, 0.25) is 0 Å². The van der Waals surface area contributed by atoms with Crippen molar-refractivity contribution in [3.05, 3.63) is 17.7 Å². The van der Waals surface area contributed by atoms with Gasteiger partial charge in [0.25, 0.3) is 11.8 Å². The zero-order chi connectivity index (χ0) is 13.0. The minimum Gasteiger partial charge on any atom is -0.465 e. The quantitative estimate of drug-likeness (QED) is 0.753. The summed E-state index contributed by atoms with van der Waals surface area (Å²) in [4.78, 5) is 11.5. The van der Waals surface area contributed by atoms with Gasteiger partial charge in [0, 0.05) is 6.07 Å². The molecule has 0 aliphatic rings. The number of aromatic nitrogens is 5. The van der Waals surface area contributed by atoms with Crippen LogP contribution in [0.1, 0.15) is 24.6 Å². The number of amides is 1. The van der Waals surface area contributed by atoms with E-state index in [2.05, 4.69) is 31.1 Å². The van der Waals surface area contributed by atoms with Crippen LogP contribution in [-0.2, 0) is 4.79 Å². The first kappa shape index (κ1) is 12.0. The van der Waals surface area contributed by atoms with Gasteiger partial charge in [0.1, 0.15) is 5.76 Å². The monoisotopic (exact) mass is 252 g/mol. The second-order valence-electron chi connectivity index (χ2n) is 3.62. The number of carbonyl (C=O) groups is 1. The van der Waals surface area contributed by atoms with Crippen LogP contribution in [0.3, 0.4) is 0 Å². The van der Waals surface area contributed by atoms with Crippen LogP contribution in [0.15, 0.2) is 10.6 Å². The molecule has 2 heterocycles. The molecule has 2 aromatic heterocycles. The summed E-state index contributed by atoms with van der Waals surface area (Å²) in [6, 6.07) is 1.24. The summed E-state index contributed by atoms with van der Waals surface area (Å²) < 4.78 is 9.92. The number of nitrogens with one attached hydrogen (secondary N) is 2. The van der Waals surface area contributed by atoms with Crippen LogP contribution in [-0.4, -0.2) is 38.3 Å². The Balaban J connectivity index is 1.78. The highest BCUT2D eigenvalue weighted by atomic mass is 16.5. The van der Waals surface area contributed by atoms with Crippen LogP contribution in [0, 0.1) is 6.92 Å². The molecular formula is C9H12N6O3. The van der Waals surface area contributed by atoms with Gasteiger partial charge in [-0.25, -0.2) is 0 Å². The Hall–Kier alpha value is -2.45. The van der Waals surface area contributed by atoms with Crippen LogP contribution < -0.4 is 10.1 Å². The molecule has 0 spiro atoms. The third kappa shape index (κ3) is 3.03. The molecule has 0 saturated heterocycles. The van der Waals surface area contributed by atoms with E-state index in [0.717, 1.165) is 0 Å². The van der Waals surface area contributed by atoms with Crippen molar-refractivity contribution in [1.29, 1.82) is 0 Å². The topological polar surface area (TPSA) is 119 Å². The fourth-order valence-corrected chi connectivity index (χ4v) is 1.25. The molecule has 2 N–H and O–H groups in total. The van der Waals surface area contributed by atoms with E-state index in [1.165, 1.54) is 0 Å². The number of carbonyl (C=O) groups excluding carboxylic acids is 1. The normalized spacial score (nSPS) is 12.1. The van der Waals surface area contributed by atoms with Crippen LogP contribution in [0.2, 0.25) is 0 Å². The summed E-state index contributed by atoms with van der Waals surface area (Å²) in [6.07, 6.45) is 0. The van der Waals surface area contributed by atoms with Gasteiger partial charge in [-0.3, -0.25) is 4.79 Å². The number of rotatable bonds is 5. The number of aromatic amines is 1. The van der Waals surface area contributed by atoms with Gasteiger partial charge < -0.3 is 14.6 Å². The van der Waals surface area contributed by atoms with Crippen molar-refractivity contribution in [2.75, 3.05) is 6.61 Å². The van der Waals surface area contributed by atoms with Gasteiger partial charge in [0.05, 0.1) is 6.04 Å². The second kappa shape index (κ2) is 5.25. The van der Waals surface area contributed by atoms with Crippen molar-refractivity contribution < 1.29 is 14.1 Å². The Morgan fingerprint density at radius 2 is 2.50 bits per heavy atom. The summed E-state index contributed by atoms with van der Waals surface area (Å²) in [5.41, 5.74) is 0. The van der Waals surface area contributed by atoms with Crippen LogP contribution >= 0.6 is 0 Å². The number of hydrogen-bond donors (Lipinski definition) is 2. The SMILES string of the molecule is Cc1cc(OCC(=O)NC(C)c2nn[nH]n2)no1. The van der Waals surface area contributed by atoms with Gasteiger partial charge in [-0.1, -0.05) is 5.21 Å². The maximum atomic E-state index is 11.5. The van der Waals surface area contributed by atoms with Crippen LogP contribution in [0.5, 0.6) is 5.88 Å². The fraction of sp³-hybridized carbons (Fsp3) is 0.444. The Kier molecular flexibility index (Phi) is 3.51. The molecular weight excluding hydrogens is 240 g/mol. The lowest BCUT2D eigenvalue weighted by atomic mass is 10.3. The summed E-state index contributed by atoms with van der Waals surface area (Å²) >= 11 is 0. The molecule has 9 nitrogen and oxygen atoms in total. The van der Waals surface area contributed by atoms with Gasteiger partial charge in [-0.2, -0.15) is 5.21 Å². The van der Waals surface area contributed by atoms with Crippen molar-refractivity contribution in [3.8, 4) is 5.88 Å². The third-order valence-corrected chi connectivity index (χ3v) is 2.08. The van der Waals surface area contributed by atoms with Gasteiger partial charge in [-0.05, 0) is 19.0 Å². The predicted molar refractivity (Wildman–Crippen MR) is 57.5 cm³/mol. The molecule has 0 aliphatic heterocycles. The summed E-state index contributed by atoms with van der Waals surface area (Å²) in [5.74, 6) is 0.981. The first-order valence-corrected chi connectivity index (χ1v) is 5.24. The first-order chi connectivity index (χ1) is 8.65. The second-order valence-corrected chi connectivity index (χ2v) is 3.62. The van der Waals surface area contributed by atoms with E-state index in [9.17, 15) is 4.79 Å². The Morgan fingerprint density at radius 3 is 3.11 bits per heavy atom. The Morgan fingerprint density at radius 1 is 1.67 bits per heavy atom. The highest BCUT2D eigenvalue weighted by molar-refractivity contribution is 5.77. The average molecular weight is 252 g/mol. The van der Waals surface area contributed by atoms with Gasteiger partial charge in [0.15, 0.2) is 12.4 Å². The molecule has 9 heteroatoms. The van der Waals surface area contributed by atoms with E-state index >= 15 is 0 Å². The zero-order valence-electron chi connectivity index (χ0n) is 9.88. The van der Waals surface area contributed by atoms with E-state index in [4.69, 9.17) is 9.26 Å². The number of aryl methyl sites for hydroxylation is 1. The molecule has 96 valence electrons. The maximum Gasteiger partial charge on any atom is 0.258 e. The number of hydrogen-bond acceptors (Lipinski definition) is 7. The number of ether oxygens (including phenoxy) is 1. The number of nitrogens with zero attached hydrogens (tertiary/aromatic N) is 4. The predicted octanol–water partition coefficient (Wildman–Crippen LogP) is -0.248. The lowest BCUT2D eigenvalue weighted by Crippen LogP contribution is -2.31. The molecule has 1 atom stereocenters. The summed E-state index contributed by atoms with van der Waals surface area (Å²) in [7, 11) is 0. The molecule has 0 bridgehead atoms. The zero-order valence-corrected chi connectivity index (χ0v) is 9.88. The molecule has 2 rings (SSSR count). The van der Waals surface area contributed by atoms with E-state index in [0.29, 0.717) is 11.6 Å². The highest BCUT2D eigenvalue weighted by Crippen LogP contribution is 2.09. The Labute approximate surface area is 102 Å². The standard InChI is InChI=1S/C9H12N6O3/c1-5-3-8(13-18-5)17-4-7(16)10-6(2)9-11-14-15-12-9/h3,6H,4H2,1-2H3,(H,10,16)(H,11,12,14,15). The third-order valence-electron chi connectivity index (χ3n) is 2.08. The molecule has 0 radical (unpaired) electrons. The van der Waals surface area contributed by atoms with Crippen LogP contribution in [0.25, 0.3) is 0 Å². The molecule has 0 aliphatic carbocycles. The van der Waals surface area contributed by atoms with E-state index in [1.54, 1.807) is 19.9 Å². The molecule has 0 saturated carbocycles. The van der Waals surface area contributed by atoms with Gasteiger partial charge >= 0.3 is 0 Å². The largest absolute Gasteiger partial charge is 0.465 e. The molecule has 1 amide bonds. The van der Waals surface area contributed by atoms with Crippen LogP contribution in [0.4, 0.5) is 0 Å². The van der Waals surface area contributed by atoms with Crippen molar-refractivity contribution in [1.82, 2.24) is 31.1 Å². The van der Waals surface area contributed by atoms with Crippen molar-refractivity contribution in [2.45, 2.75) is 19.9 Å². The first-order valence-electron chi connectivity index (χ1n) is 5.24. The average Bonchev–Trinajstić information content (AvgIpc) is 2.97. The molecule has 0 fully saturated rings. The number of tetrazole rings is 1. The van der Waals surface area contributed by atoms with E-state index < -0.39 is 0 Å². The molecule has 0 aromatic carbocycles. The van der Waals surface area contributed by atoms with Gasteiger partial charge in [-0.15, -0.1) is 10.2 Å². The minimum absolute atomic E-state index is 0.159. The summed E-state index contributed by atoms with van der Waals surface area (Å²) in [6.45, 7) is 3.31. The highest BCUT2D eigenvalue weighted by Gasteiger charge is 2.14. The van der Waals surface area contributed by atoms with E-state index in [-0.39, 0.29) is 24.4 Å². The van der Waals surface area contributed by atoms with Crippen molar-refractivity contribution >= 4 is 5.91 Å².